The van der Waals surface area contributed by atoms with Gasteiger partial charge in [0.2, 0.25) is 0 Å². The fourth-order valence-corrected chi connectivity index (χ4v) is 4.27. The minimum atomic E-state index is 0.799. The molecule has 2 rings (SSSR count). The maximum atomic E-state index is 2.77. The maximum Gasteiger partial charge on any atom is 0.00643 e. The second-order valence-corrected chi connectivity index (χ2v) is 7.09. The van der Waals surface area contributed by atoms with E-state index in [0.29, 0.717) is 0 Å². The summed E-state index contributed by atoms with van der Waals surface area (Å²) in [5.74, 6) is 2.11. The molecule has 0 aromatic carbocycles. The lowest BCUT2D eigenvalue weighted by Crippen LogP contribution is -2.38. The van der Waals surface area contributed by atoms with E-state index in [4.69, 9.17) is 0 Å². The fourth-order valence-electron chi connectivity index (χ4n) is 4.27. The van der Waals surface area contributed by atoms with E-state index in [1.807, 2.05) is 0 Å². The molecule has 3 atom stereocenters. The van der Waals surface area contributed by atoms with Crippen LogP contribution in [0.15, 0.2) is 0 Å². The minimum Gasteiger partial charge on any atom is -0.301 e. The van der Waals surface area contributed by atoms with Gasteiger partial charge in [-0.15, -0.1) is 0 Å². The quantitative estimate of drug-likeness (QED) is 0.659. The molecule has 1 heteroatoms. The third kappa shape index (κ3) is 4.77. The Morgan fingerprint density at radius 1 is 0.789 bits per heavy atom. The zero-order valence-electron chi connectivity index (χ0n) is 13.4. The second kappa shape index (κ2) is 8.29. The van der Waals surface area contributed by atoms with Gasteiger partial charge in [-0.1, -0.05) is 51.9 Å². The summed E-state index contributed by atoms with van der Waals surface area (Å²) in [6.45, 7) is 7.49. The SMILES string of the molecule is CCC(C)N1CCCC2CCCCCCCC2CC1. The Hall–Kier alpha value is -0.0400. The molecule has 19 heavy (non-hydrogen) atoms. The number of nitrogens with zero attached hydrogens (tertiary/aromatic N) is 1. The fraction of sp³-hybridized carbons (Fsp3) is 1.00. The summed E-state index contributed by atoms with van der Waals surface area (Å²) in [4.78, 5) is 2.77. The highest BCUT2D eigenvalue weighted by Crippen LogP contribution is 2.34. The van der Waals surface area contributed by atoms with Crippen LogP contribution in [0.25, 0.3) is 0 Å². The summed E-state index contributed by atoms with van der Waals surface area (Å²) in [7, 11) is 0. The van der Waals surface area contributed by atoms with Gasteiger partial charge in [-0.25, -0.2) is 0 Å². The average molecular weight is 265 g/mol. The topological polar surface area (TPSA) is 3.24 Å². The van der Waals surface area contributed by atoms with Crippen LogP contribution in [0, 0.1) is 11.8 Å². The highest BCUT2D eigenvalue weighted by atomic mass is 15.1. The smallest absolute Gasteiger partial charge is 0.00643 e. The van der Waals surface area contributed by atoms with Crippen LogP contribution in [0.2, 0.25) is 0 Å². The van der Waals surface area contributed by atoms with E-state index in [1.165, 1.54) is 83.7 Å². The van der Waals surface area contributed by atoms with E-state index >= 15 is 0 Å². The van der Waals surface area contributed by atoms with Crippen LogP contribution in [-0.4, -0.2) is 24.0 Å². The summed E-state index contributed by atoms with van der Waals surface area (Å²) in [5, 5.41) is 0. The zero-order chi connectivity index (χ0) is 13.5. The lowest BCUT2D eigenvalue weighted by Gasteiger charge is -2.36. The molecule has 1 heterocycles. The molecule has 2 aliphatic rings. The Morgan fingerprint density at radius 2 is 1.37 bits per heavy atom. The van der Waals surface area contributed by atoms with Crippen LogP contribution in [0.1, 0.15) is 84.5 Å². The van der Waals surface area contributed by atoms with Gasteiger partial charge in [-0.3, -0.25) is 0 Å². The summed E-state index contributed by atoms with van der Waals surface area (Å²) in [5.41, 5.74) is 0. The molecule has 0 aromatic heterocycles. The molecular weight excluding hydrogens is 230 g/mol. The molecule has 1 saturated heterocycles. The molecule has 0 radical (unpaired) electrons. The first-order valence-electron chi connectivity index (χ1n) is 9.05. The molecule has 0 spiro atoms. The highest BCUT2D eigenvalue weighted by Gasteiger charge is 2.25. The third-order valence-corrected chi connectivity index (χ3v) is 5.84. The monoisotopic (exact) mass is 265 g/mol. The minimum absolute atomic E-state index is 0.799. The Bertz CT molecular complexity index is 238. The van der Waals surface area contributed by atoms with Gasteiger partial charge in [0.1, 0.15) is 0 Å². The van der Waals surface area contributed by atoms with Crippen molar-refractivity contribution in [1.29, 1.82) is 0 Å². The van der Waals surface area contributed by atoms with Crippen molar-refractivity contribution in [3.8, 4) is 0 Å². The molecule has 112 valence electrons. The van der Waals surface area contributed by atoms with Crippen LogP contribution in [-0.2, 0) is 0 Å². The number of hydrogen-bond donors (Lipinski definition) is 0. The van der Waals surface area contributed by atoms with Crippen molar-refractivity contribution >= 4 is 0 Å². The average Bonchev–Trinajstić information content (AvgIpc) is 2.51. The van der Waals surface area contributed by atoms with Gasteiger partial charge in [0, 0.05) is 6.04 Å². The van der Waals surface area contributed by atoms with Gasteiger partial charge in [-0.05, 0) is 57.5 Å². The van der Waals surface area contributed by atoms with Crippen LogP contribution in [0.5, 0.6) is 0 Å². The molecule has 1 saturated carbocycles. The van der Waals surface area contributed by atoms with E-state index < -0.39 is 0 Å². The number of fused-ring (bicyclic) bond motifs is 1. The van der Waals surface area contributed by atoms with E-state index in [0.717, 1.165) is 17.9 Å². The molecule has 1 nitrogen and oxygen atoms in total. The third-order valence-electron chi connectivity index (χ3n) is 5.84. The van der Waals surface area contributed by atoms with E-state index in [9.17, 15) is 0 Å². The number of likely N-dealkylation sites (tertiary alicyclic amines) is 1. The van der Waals surface area contributed by atoms with Crippen molar-refractivity contribution in [2.24, 2.45) is 11.8 Å². The van der Waals surface area contributed by atoms with Gasteiger partial charge in [0.05, 0.1) is 0 Å². The summed E-state index contributed by atoms with van der Waals surface area (Å²) in [6, 6.07) is 0.799. The normalized spacial score (nSPS) is 33.2. The Labute approximate surface area is 121 Å². The molecule has 0 bridgehead atoms. The van der Waals surface area contributed by atoms with Crippen molar-refractivity contribution in [2.75, 3.05) is 13.1 Å². The van der Waals surface area contributed by atoms with Gasteiger partial charge >= 0.3 is 0 Å². The van der Waals surface area contributed by atoms with Gasteiger partial charge in [0.25, 0.3) is 0 Å². The van der Waals surface area contributed by atoms with E-state index in [2.05, 4.69) is 18.7 Å². The highest BCUT2D eigenvalue weighted by molar-refractivity contribution is 4.78. The number of rotatable bonds is 2. The Morgan fingerprint density at radius 3 is 2.05 bits per heavy atom. The Kier molecular flexibility index (Phi) is 6.70. The van der Waals surface area contributed by atoms with Gasteiger partial charge < -0.3 is 4.90 Å². The zero-order valence-corrected chi connectivity index (χ0v) is 13.4. The predicted molar refractivity (Wildman–Crippen MR) is 84.5 cm³/mol. The molecule has 0 amide bonds. The first-order chi connectivity index (χ1) is 9.31. The lowest BCUT2D eigenvalue weighted by atomic mass is 9.79. The van der Waals surface area contributed by atoms with E-state index in [-0.39, 0.29) is 0 Å². The molecule has 0 aromatic rings. The van der Waals surface area contributed by atoms with Crippen molar-refractivity contribution in [1.82, 2.24) is 4.90 Å². The summed E-state index contributed by atoms with van der Waals surface area (Å²) >= 11 is 0. The van der Waals surface area contributed by atoms with Crippen LogP contribution in [0.3, 0.4) is 0 Å². The van der Waals surface area contributed by atoms with Crippen molar-refractivity contribution in [3.63, 3.8) is 0 Å². The summed E-state index contributed by atoms with van der Waals surface area (Å²) in [6.07, 6.45) is 16.3. The lowest BCUT2D eigenvalue weighted by molar-refractivity contribution is 0.133. The van der Waals surface area contributed by atoms with Crippen LogP contribution in [0.4, 0.5) is 0 Å². The van der Waals surface area contributed by atoms with Gasteiger partial charge in [0.15, 0.2) is 0 Å². The summed E-state index contributed by atoms with van der Waals surface area (Å²) < 4.78 is 0. The van der Waals surface area contributed by atoms with Crippen molar-refractivity contribution in [3.05, 3.63) is 0 Å². The first kappa shape index (κ1) is 15.4. The van der Waals surface area contributed by atoms with Crippen LogP contribution >= 0.6 is 0 Å². The number of hydrogen-bond acceptors (Lipinski definition) is 1. The second-order valence-electron chi connectivity index (χ2n) is 7.09. The molecule has 0 N–H and O–H groups in total. The van der Waals surface area contributed by atoms with E-state index in [1.54, 1.807) is 0 Å². The molecule has 2 fully saturated rings. The standard InChI is InChI=1S/C18H35N/c1-3-16(2)19-14-9-12-17-10-7-5-4-6-8-11-18(17)13-15-19/h16-18H,3-15H2,1-2H3. The Balaban J connectivity index is 1.91. The van der Waals surface area contributed by atoms with Crippen LogP contribution < -0.4 is 0 Å². The molecule has 1 aliphatic heterocycles. The van der Waals surface area contributed by atoms with Gasteiger partial charge in [-0.2, -0.15) is 0 Å². The first-order valence-corrected chi connectivity index (χ1v) is 9.05. The predicted octanol–water partition coefficient (Wildman–Crippen LogP) is 5.25. The molecular formula is C18H35N. The maximum absolute atomic E-state index is 2.77. The molecule has 3 unspecified atom stereocenters. The van der Waals surface area contributed by atoms with Crippen molar-refractivity contribution in [2.45, 2.75) is 90.5 Å². The largest absolute Gasteiger partial charge is 0.301 e. The van der Waals surface area contributed by atoms with Crippen molar-refractivity contribution < 1.29 is 0 Å². The molecule has 1 aliphatic carbocycles.